The van der Waals surface area contributed by atoms with Crippen molar-refractivity contribution in [1.29, 1.82) is 0 Å². The van der Waals surface area contributed by atoms with Gasteiger partial charge in [-0.2, -0.15) is 0 Å². The van der Waals surface area contributed by atoms with Crippen LogP contribution in [0, 0.1) is 0 Å². The molecule has 0 bridgehead atoms. The molecule has 2 heteroatoms. The molecule has 0 fully saturated rings. The molecule has 1 N–H and O–H groups in total. The summed E-state index contributed by atoms with van der Waals surface area (Å²) in [5.41, 5.74) is 3.31. The van der Waals surface area contributed by atoms with Gasteiger partial charge in [0.15, 0.2) is 0 Å². The predicted octanol–water partition coefficient (Wildman–Crippen LogP) is 3.34. The molecule has 0 saturated heterocycles. The summed E-state index contributed by atoms with van der Waals surface area (Å²) in [5, 5.41) is 5.74. The van der Waals surface area contributed by atoms with E-state index in [2.05, 4.69) is 24.7 Å². The van der Waals surface area contributed by atoms with Crippen molar-refractivity contribution in [2.75, 3.05) is 13.6 Å². The van der Waals surface area contributed by atoms with Crippen LogP contribution in [-0.4, -0.2) is 13.6 Å². The second kappa shape index (κ2) is 5.13. The lowest BCUT2D eigenvalue weighted by atomic mass is 9.92. The first-order chi connectivity index (χ1) is 7.36. The molecular formula is C13H21NS. The van der Waals surface area contributed by atoms with E-state index >= 15 is 0 Å². The highest BCUT2D eigenvalue weighted by atomic mass is 32.1. The summed E-state index contributed by atoms with van der Waals surface area (Å²) in [7, 11) is 2.07. The SMILES string of the molecule is CCc1csc2c1[C@@H](CNC)CCCC2. The van der Waals surface area contributed by atoms with Crippen LogP contribution in [0.4, 0.5) is 0 Å². The number of fused-ring (bicyclic) bond motifs is 1. The number of nitrogens with one attached hydrogen (secondary N) is 1. The molecule has 0 aromatic carbocycles. The van der Waals surface area contributed by atoms with Gasteiger partial charge in [-0.1, -0.05) is 13.3 Å². The van der Waals surface area contributed by atoms with E-state index in [1.807, 2.05) is 11.3 Å². The van der Waals surface area contributed by atoms with Crippen molar-refractivity contribution in [2.45, 2.75) is 44.9 Å². The van der Waals surface area contributed by atoms with Gasteiger partial charge in [0.05, 0.1) is 0 Å². The Balaban J connectivity index is 2.31. The molecule has 0 aliphatic heterocycles. The number of thiophene rings is 1. The van der Waals surface area contributed by atoms with Crippen LogP contribution in [0.3, 0.4) is 0 Å². The monoisotopic (exact) mass is 223 g/mol. The Morgan fingerprint density at radius 1 is 1.47 bits per heavy atom. The first-order valence-electron chi connectivity index (χ1n) is 6.10. The maximum Gasteiger partial charge on any atom is 0.00833 e. The van der Waals surface area contributed by atoms with Crippen molar-refractivity contribution in [1.82, 2.24) is 5.32 Å². The minimum Gasteiger partial charge on any atom is -0.319 e. The van der Waals surface area contributed by atoms with E-state index in [4.69, 9.17) is 0 Å². The van der Waals surface area contributed by atoms with Crippen LogP contribution < -0.4 is 5.32 Å². The van der Waals surface area contributed by atoms with E-state index in [0.29, 0.717) is 0 Å². The summed E-state index contributed by atoms with van der Waals surface area (Å²) in [5.74, 6) is 0.772. The van der Waals surface area contributed by atoms with Gasteiger partial charge in [0, 0.05) is 11.4 Å². The van der Waals surface area contributed by atoms with E-state index in [1.165, 1.54) is 32.1 Å². The molecule has 0 unspecified atom stereocenters. The van der Waals surface area contributed by atoms with Crippen LogP contribution >= 0.6 is 11.3 Å². The Kier molecular flexibility index (Phi) is 3.81. The van der Waals surface area contributed by atoms with Gasteiger partial charge in [-0.05, 0) is 55.2 Å². The third kappa shape index (κ3) is 2.26. The highest BCUT2D eigenvalue weighted by Crippen LogP contribution is 2.36. The highest BCUT2D eigenvalue weighted by molar-refractivity contribution is 7.10. The maximum absolute atomic E-state index is 3.35. The summed E-state index contributed by atoms with van der Waals surface area (Å²) in [6.45, 7) is 3.43. The number of likely N-dealkylation sites (N-methyl/N-ethyl adjacent to an activating group) is 1. The summed E-state index contributed by atoms with van der Waals surface area (Å²) >= 11 is 1.99. The summed E-state index contributed by atoms with van der Waals surface area (Å²) in [6, 6.07) is 0. The molecule has 1 aromatic heterocycles. The van der Waals surface area contributed by atoms with Gasteiger partial charge in [0.25, 0.3) is 0 Å². The molecule has 0 saturated carbocycles. The van der Waals surface area contributed by atoms with Crippen LogP contribution in [0.1, 0.15) is 48.1 Å². The van der Waals surface area contributed by atoms with Gasteiger partial charge in [0.2, 0.25) is 0 Å². The first-order valence-corrected chi connectivity index (χ1v) is 6.98. The van der Waals surface area contributed by atoms with Crippen LogP contribution in [0.2, 0.25) is 0 Å². The van der Waals surface area contributed by atoms with Crippen molar-refractivity contribution in [3.8, 4) is 0 Å². The fourth-order valence-electron chi connectivity index (χ4n) is 2.68. The van der Waals surface area contributed by atoms with Crippen molar-refractivity contribution >= 4 is 11.3 Å². The molecule has 2 rings (SSSR count). The van der Waals surface area contributed by atoms with E-state index in [9.17, 15) is 0 Å². The Bertz CT molecular complexity index is 316. The lowest BCUT2D eigenvalue weighted by Crippen LogP contribution is -2.17. The van der Waals surface area contributed by atoms with Crippen LogP contribution in [0.5, 0.6) is 0 Å². The fourth-order valence-corrected chi connectivity index (χ4v) is 3.94. The average molecular weight is 223 g/mol. The van der Waals surface area contributed by atoms with Gasteiger partial charge < -0.3 is 5.32 Å². The standard InChI is InChI=1S/C13H21NS/c1-3-10-9-15-12-7-5-4-6-11(8-14-2)13(10)12/h9,11,14H,3-8H2,1-2H3/t11-/m1/s1. The van der Waals surface area contributed by atoms with Gasteiger partial charge in [-0.15, -0.1) is 11.3 Å². The first kappa shape index (κ1) is 11.2. The third-order valence-electron chi connectivity index (χ3n) is 3.44. The van der Waals surface area contributed by atoms with Gasteiger partial charge in [0.1, 0.15) is 0 Å². The quantitative estimate of drug-likeness (QED) is 0.775. The number of rotatable bonds is 3. The van der Waals surface area contributed by atoms with Crippen molar-refractivity contribution in [3.63, 3.8) is 0 Å². The van der Waals surface area contributed by atoms with E-state index < -0.39 is 0 Å². The van der Waals surface area contributed by atoms with Crippen molar-refractivity contribution < 1.29 is 0 Å². The normalized spacial score (nSPS) is 21.1. The Morgan fingerprint density at radius 2 is 2.33 bits per heavy atom. The maximum atomic E-state index is 3.35. The molecule has 15 heavy (non-hydrogen) atoms. The smallest absolute Gasteiger partial charge is 0.00833 e. The molecule has 1 nitrogen and oxygen atoms in total. The van der Waals surface area contributed by atoms with Gasteiger partial charge in [-0.25, -0.2) is 0 Å². The van der Waals surface area contributed by atoms with E-state index in [1.54, 1.807) is 16.0 Å². The molecule has 0 spiro atoms. The fraction of sp³-hybridized carbons (Fsp3) is 0.692. The second-order valence-corrected chi connectivity index (χ2v) is 5.42. The summed E-state index contributed by atoms with van der Waals surface area (Å²) in [6.07, 6.45) is 6.68. The minimum atomic E-state index is 0.772. The zero-order valence-corrected chi connectivity index (χ0v) is 10.6. The number of hydrogen-bond donors (Lipinski definition) is 1. The van der Waals surface area contributed by atoms with Crippen LogP contribution in [-0.2, 0) is 12.8 Å². The summed E-state index contributed by atoms with van der Waals surface area (Å²) < 4.78 is 0. The molecule has 1 aromatic rings. The highest BCUT2D eigenvalue weighted by Gasteiger charge is 2.22. The average Bonchev–Trinajstić information content (AvgIpc) is 2.56. The van der Waals surface area contributed by atoms with Gasteiger partial charge >= 0.3 is 0 Å². The molecule has 0 radical (unpaired) electrons. The minimum absolute atomic E-state index is 0.772. The third-order valence-corrected chi connectivity index (χ3v) is 4.55. The van der Waals surface area contributed by atoms with E-state index in [0.717, 1.165) is 12.5 Å². The zero-order valence-electron chi connectivity index (χ0n) is 9.81. The Morgan fingerprint density at radius 3 is 3.07 bits per heavy atom. The van der Waals surface area contributed by atoms with Crippen LogP contribution in [0.15, 0.2) is 5.38 Å². The van der Waals surface area contributed by atoms with Crippen molar-refractivity contribution in [2.24, 2.45) is 0 Å². The number of aryl methyl sites for hydroxylation is 2. The van der Waals surface area contributed by atoms with Gasteiger partial charge in [-0.3, -0.25) is 0 Å². The number of hydrogen-bond acceptors (Lipinski definition) is 2. The molecule has 1 aliphatic carbocycles. The molecule has 1 heterocycles. The van der Waals surface area contributed by atoms with E-state index in [-0.39, 0.29) is 0 Å². The predicted molar refractivity (Wildman–Crippen MR) is 67.9 cm³/mol. The Hall–Kier alpha value is -0.340. The van der Waals surface area contributed by atoms with Crippen LogP contribution in [0.25, 0.3) is 0 Å². The lowest BCUT2D eigenvalue weighted by Gasteiger charge is -2.16. The lowest BCUT2D eigenvalue weighted by molar-refractivity contribution is 0.563. The second-order valence-electron chi connectivity index (χ2n) is 4.45. The van der Waals surface area contributed by atoms with Crippen molar-refractivity contribution in [3.05, 3.63) is 21.4 Å². The molecule has 84 valence electrons. The molecule has 1 atom stereocenters. The zero-order chi connectivity index (χ0) is 10.7. The topological polar surface area (TPSA) is 12.0 Å². The largest absolute Gasteiger partial charge is 0.319 e. The Labute approximate surface area is 96.9 Å². The molecule has 1 aliphatic rings. The molecule has 0 amide bonds. The molecular weight excluding hydrogens is 202 g/mol. The summed E-state index contributed by atoms with van der Waals surface area (Å²) in [4.78, 5) is 1.67.